The summed E-state index contributed by atoms with van der Waals surface area (Å²) in [5.74, 6) is 0.132. The minimum Gasteiger partial charge on any atom is -0.394 e. The van der Waals surface area contributed by atoms with E-state index >= 15 is 0 Å². The quantitative estimate of drug-likeness (QED) is 0.456. The zero-order chi connectivity index (χ0) is 5.98. The van der Waals surface area contributed by atoms with Gasteiger partial charge < -0.3 is 10.4 Å². The second-order valence-electron chi connectivity index (χ2n) is 1.91. The van der Waals surface area contributed by atoms with Crippen LogP contribution in [0.25, 0.3) is 0 Å². The van der Waals surface area contributed by atoms with Crippen LogP contribution in [0.15, 0.2) is 0 Å². The highest BCUT2D eigenvalue weighted by Gasteiger charge is 2.21. The Kier molecular flexibility index (Phi) is 1.60. The average molecular weight is 115 g/mol. The molecule has 46 valence electrons. The highest BCUT2D eigenvalue weighted by Crippen LogP contribution is 1.97. The van der Waals surface area contributed by atoms with E-state index in [4.69, 9.17) is 5.11 Å². The van der Waals surface area contributed by atoms with Crippen molar-refractivity contribution < 1.29 is 9.90 Å². The molecule has 3 heteroatoms. The van der Waals surface area contributed by atoms with E-state index in [2.05, 4.69) is 5.32 Å². The van der Waals surface area contributed by atoms with Gasteiger partial charge >= 0.3 is 0 Å². The second kappa shape index (κ2) is 2.24. The van der Waals surface area contributed by atoms with Crippen LogP contribution in [0.4, 0.5) is 0 Å². The Bertz CT molecular complexity index is 103. The maximum absolute atomic E-state index is 10.6. The molecule has 2 N–H and O–H groups in total. The number of carbonyl (C=O) groups is 1. The Morgan fingerprint density at radius 1 is 1.88 bits per heavy atom. The minimum atomic E-state index is -0.269. The molecule has 0 bridgehead atoms. The number of hydrogen-bond acceptors (Lipinski definition) is 3. The van der Waals surface area contributed by atoms with E-state index in [1.165, 1.54) is 0 Å². The molecule has 1 rings (SSSR count). The Morgan fingerprint density at radius 3 is 2.88 bits per heavy atom. The Labute approximate surface area is 47.7 Å². The number of Topliss-reactive ketones (excluding diaryl/α,β-unsaturated/α-hetero) is 1. The summed E-state index contributed by atoms with van der Waals surface area (Å²) in [6, 6.07) is -0.269. The van der Waals surface area contributed by atoms with E-state index in [-0.39, 0.29) is 18.4 Å². The fraction of sp³-hybridized carbons (Fsp3) is 0.800. The Hall–Kier alpha value is -0.410. The summed E-state index contributed by atoms with van der Waals surface area (Å²) in [7, 11) is 0. The van der Waals surface area contributed by atoms with E-state index in [1.54, 1.807) is 0 Å². The van der Waals surface area contributed by atoms with Crippen LogP contribution < -0.4 is 5.32 Å². The van der Waals surface area contributed by atoms with Crippen LogP contribution in [-0.4, -0.2) is 30.1 Å². The molecule has 0 spiro atoms. The summed E-state index contributed by atoms with van der Waals surface area (Å²) in [5, 5.41) is 11.3. The van der Waals surface area contributed by atoms with E-state index in [1.807, 2.05) is 0 Å². The predicted molar refractivity (Wildman–Crippen MR) is 28.5 cm³/mol. The molecule has 1 aliphatic rings. The lowest BCUT2D eigenvalue weighted by atomic mass is 10.2. The number of ketones is 1. The van der Waals surface area contributed by atoms with Gasteiger partial charge in [-0.15, -0.1) is 0 Å². The molecule has 1 aliphatic heterocycles. The van der Waals surface area contributed by atoms with E-state index in [0.717, 1.165) is 6.54 Å². The molecule has 1 fully saturated rings. The monoisotopic (exact) mass is 115 g/mol. The molecule has 3 nitrogen and oxygen atoms in total. The van der Waals surface area contributed by atoms with Gasteiger partial charge in [0.2, 0.25) is 0 Å². The maximum Gasteiger partial charge on any atom is 0.153 e. The van der Waals surface area contributed by atoms with Crippen LogP contribution in [0.1, 0.15) is 6.42 Å². The largest absolute Gasteiger partial charge is 0.394 e. The predicted octanol–water partition coefficient (Wildman–Crippen LogP) is -1.09. The highest BCUT2D eigenvalue weighted by atomic mass is 16.3. The number of carbonyl (C=O) groups excluding carboxylic acids is 1. The van der Waals surface area contributed by atoms with Gasteiger partial charge in [0.05, 0.1) is 12.6 Å². The first kappa shape index (κ1) is 5.72. The summed E-state index contributed by atoms with van der Waals surface area (Å²) < 4.78 is 0. The molecule has 1 atom stereocenters. The number of aliphatic hydroxyl groups is 1. The summed E-state index contributed by atoms with van der Waals surface area (Å²) in [5.41, 5.74) is 0. The molecule has 0 aromatic rings. The Morgan fingerprint density at radius 2 is 2.62 bits per heavy atom. The minimum absolute atomic E-state index is 0.0567. The van der Waals surface area contributed by atoms with Crippen molar-refractivity contribution in [3.63, 3.8) is 0 Å². The lowest BCUT2D eigenvalue weighted by Crippen LogP contribution is -2.30. The topological polar surface area (TPSA) is 49.3 Å². The van der Waals surface area contributed by atoms with Crippen LogP contribution in [0, 0.1) is 0 Å². The molecule has 0 aromatic carbocycles. The van der Waals surface area contributed by atoms with Gasteiger partial charge in [-0.3, -0.25) is 4.79 Å². The zero-order valence-corrected chi connectivity index (χ0v) is 4.55. The molecule has 0 aromatic heterocycles. The molecule has 0 saturated carbocycles. The molecule has 0 aliphatic carbocycles. The first-order chi connectivity index (χ1) is 3.84. The third-order valence-corrected chi connectivity index (χ3v) is 1.33. The molecular formula is C5H9NO2. The molecular weight excluding hydrogens is 106 g/mol. The van der Waals surface area contributed by atoms with E-state index < -0.39 is 0 Å². The molecule has 8 heavy (non-hydrogen) atoms. The van der Waals surface area contributed by atoms with Crippen LogP contribution in [0.2, 0.25) is 0 Å². The van der Waals surface area contributed by atoms with Gasteiger partial charge in [-0.1, -0.05) is 0 Å². The summed E-state index contributed by atoms with van der Waals surface area (Å²) in [4.78, 5) is 10.6. The van der Waals surface area contributed by atoms with Crippen LogP contribution in [0.3, 0.4) is 0 Å². The molecule has 1 saturated heterocycles. The lowest BCUT2D eigenvalue weighted by Gasteiger charge is -2.00. The first-order valence-electron chi connectivity index (χ1n) is 2.71. The van der Waals surface area contributed by atoms with Gasteiger partial charge in [0.25, 0.3) is 0 Å². The van der Waals surface area contributed by atoms with Crippen molar-refractivity contribution >= 4 is 5.78 Å². The highest BCUT2D eigenvalue weighted by molar-refractivity contribution is 5.86. The average Bonchev–Trinajstić information content (AvgIpc) is 2.14. The lowest BCUT2D eigenvalue weighted by molar-refractivity contribution is -0.119. The number of hydrogen-bond donors (Lipinski definition) is 2. The van der Waals surface area contributed by atoms with Gasteiger partial charge in [0.1, 0.15) is 0 Å². The van der Waals surface area contributed by atoms with E-state index in [0.29, 0.717) is 6.42 Å². The van der Waals surface area contributed by atoms with Gasteiger partial charge in [-0.25, -0.2) is 0 Å². The Balaban J connectivity index is 2.42. The molecule has 0 unspecified atom stereocenters. The standard InChI is InChI=1S/C5H9NO2/c7-3-4-5(8)1-2-6-4/h4,6-7H,1-3H2/t4-/m0/s1. The van der Waals surface area contributed by atoms with Crippen molar-refractivity contribution in [3.05, 3.63) is 0 Å². The number of nitrogens with one attached hydrogen (secondary N) is 1. The fourth-order valence-corrected chi connectivity index (χ4v) is 0.824. The van der Waals surface area contributed by atoms with E-state index in [9.17, 15) is 4.79 Å². The van der Waals surface area contributed by atoms with Crippen LogP contribution in [0.5, 0.6) is 0 Å². The van der Waals surface area contributed by atoms with Gasteiger partial charge in [0.15, 0.2) is 5.78 Å². The fourth-order valence-electron chi connectivity index (χ4n) is 0.824. The SMILES string of the molecule is O=C1CCN[C@H]1CO. The first-order valence-corrected chi connectivity index (χ1v) is 2.71. The molecule has 0 amide bonds. The maximum atomic E-state index is 10.6. The third-order valence-electron chi connectivity index (χ3n) is 1.33. The smallest absolute Gasteiger partial charge is 0.153 e. The van der Waals surface area contributed by atoms with Crippen molar-refractivity contribution in [1.29, 1.82) is 0 Å². The second-order valence-corrected chi connectivity index (χ2v) is 1.91. The van der Waals surface area contributed by atoms with Crippen molar-refractivity contribution in [2.24, 2.45) is 0 Å². The third kappa shape index (κ3) is 0.877. The molecule has 0 radical (unpaired) electrons. The van der Waals surface area contributed by atoms with Crippen LogP contribution >= 0.6 is 0 Å². The van der Waals surface area contributed by atoms with Crippen molar-refractivity contribution in [3.8, 4) is 0 Å². The van der Waals surface area contributed by atoms with Crippen molar-refractivity contribution in [1.82, 2.24) is 5.32 Å². The van der Waals surface area contributed by atoms with Gasteiger partial charge in [-0.05, 0) is 0 Å². The van der Waals surface area contributed by atoms with Gasteiger partial charge in [0, 0.05) is 13.0 Å². The summed E-state index contributed by atoms with van der Waals surface area (Å²) >= 11 is 0. The zero-order valence-electron chi connectivity index (χ0n) is 4.55. The van der Waals surface area contributed by atoms with Crippen molar-refractivity contribution in [2.45, 2.75) is 12.5 Å². The van der Waals surface area contributed by atoms with Crippen molar-refractivity contribution in [2.75, 3.05) is 13.2 Å². The summed E-state index contributed by atoms with van der Waals surface area (Å²) in [6.45, 7) is 0.670. The molecule has 1 heterocycles. The summed E-state index contributed by atoms with van der Waals surface area (Å²) in [6.07, 6.45) is 0.575. The van der Waals surface area contributed by atoms with Crippen LogP contribution in [-0.2, 0) is 4.79 Å². The number of rotatable bonds is 1. The van der Waals surface area contributed by atoms with Gasteiger partial charge in [-0.2, -0.15) is 0 Å². The normalized spacial score (nSPS) is 29.1. The number of aliphatic hydroxyl groups excluding tert-OH is 1.